The van der Waals surface area contributed by atoms with E-state index in [4.69, 9.17) is 4.42 Å². The van der Waals surface area contributed by atoms with Gasteiger partial charge in [0.1, 0.15) is 7.05 Å². The van der Waals surface area contributed by atoms with Crippen LogP contribution < -0.4 is 4.57 Å². The average Bonchev–Trinajstić information content (AvgIpc) is 3.00. The molecule has 27 heavy (non-hydrogen) atoms. The van der Waals surface area contributed by atoms with Crippen molar-refractivity contribution in [2.45, 2.75) is 20.8 Å². The Morgan fingerprint density at radius 2 is 1.70 bits per heavy atom. The van der Waals surface area contributed by atoms with Crippen LogP contribution in [0.15, 0.2) is 59.1 Å². The molecule has 0 radical (unpaired) electrons. The molecule has 132 valence electrons. The number of aryl methyl sites for hydroxylation is 3. The second-order valence-corrected chi connectivity index (χ2v) is 7.34. The van der Waals surface area contributed by atoms with Gasteiger partial charge >= 0.3 is 0 Å². The van der Waals surface area contributed by atoms with E-state index >= 15 is 0 Å². The summed E-state index contributed by atoms with van der Waals surface area (Å²) in [6, 6.07) is 17.1. The maximum Gasteiger partial charge on any atom is 0.227 e. The van der Waals surface area contributed by atoms with E-state index in [2.05, 4.69) is 79.1 Å². The Balaban J connectivity index is 2.01. The van der Waals surface area contributed by atoms with E-state index < -0.39 is 0 Å². The zero-order valence-electron chi connectivity index (χ0n) is 16.0. The number of nitrogens with zero attached hydrogens (tertiary/aromatic N) is 2. The molecule has 0 aliphatic carbocycles. The van der Waals surface area contributed by atoms with Gasteiger partial charge in [-0.15, -0.1) is 0 Å². The van der Waals surface area contributed by atoms with Gasteiger partial charge in [-0.05, 0) is 61.5 Å². The van der Waals surface area contributed by atoms with Gasteiger partial charge in [0.2, 0.25) is 11.4 Å². The Morgan fingerprint density at radius 1 is 0.889 bits per heavy atom. The van der Waals surface area contributed by atoms with Crippen LogP contribution in [0.25, 0.3) is 44.1 Å². The van der Waals surface area contributed by atoms with Crippen molar-refractivity contribution in [2.75, 3.05) is 0 Å². The van der Waals surface area contributed by atoms with Crippen LogP contribution in [0, 0.1) is 20.8 Å². The molecule has 0 atom stereocenters. The minimum atomic E-state index is 0.708. The molecular formula is C24H21N2O+. The summed E-state index contributed by atoms with van der Waals surface area (Å²) in [6.45, 7) is 6.34. The van der Waals surface area contributed by atoms with Crippen molar-refractivity contribution < 1.29 is 8.98 Å². The van der Waals surface area contributed by atoms with Crippen LogP contribution in [0.3, 0.4) is 0 Å². The number of fused-ring (bicyclic) bond motifs is 4. The van der Waals surface area contributed by atoms with Gasteiger partial charge in [0.05, 0.1) is 10.9 Å². The third kappa shape index (κ3) is 2.28. The standard InChI is InChI=1S/C24H21N2O/c1-14-13-20-19-10-9-15(2)25-24(19)27-23(20)21(16(14)3)22-18-8-6-5-7-17(18)11-12-26(22)4/h5-13H,1-4H3/q+1. The molecule has 3 heterocycles. The average molecular weight is 353 g/mol. The van der Waals surface area contributed by atoms with Gasteiger partial charge in [0.15, 0.2) is 11.8 Å². The lowest BCUT2D eigenvalue weighted by molar-refractivity contribution is -0.659. The third-order valence-corrected chi connectivity index (χ3v) is 5.57. The van der Waals surface area contributed by atoms with Crippen molar-refractivity contribution in [2.24, 2.45) is 7.05 Å². The fourth-order valence-electron chi connectivity index (χ4n) is 4.02. The topological polar surface area (TPSA) is 29.9 Å². The largest absolute Gasteiger partial charge is 0.437 e. The van der Waals surface area contributed by atoms with Gasteiger partial charge < -0.3 is 4.42 Å². The Morgan fingerprint density at radius 3 is 2.56 bits per heavy atom. The summed E-state index contributed by atoms with van der Waals surface area (Å²) in [7, 11) is 2.10. The summed E-state index contributed by atoms with van der Waals surface area (Å²) >= 11 is 0. The van der Waals surface area contributed by atoms with Crippen LogP contribution in [-0.2, 0) is 7.05 Å². The molecule has 0 unspecified atom stereocenters. The maximum absolute atomic E-state index is 6.33. The van der Waals surface area contributed by atoms with Crippen molar-refractivity contribution in [3.63, 3.8) is 0 Å². The quantitative estimate of drug-likeness (QED) is 0.370. The van der Waals surface area contributed by atoms with Crippen molar-refractivity contribution >= 4 is 32.8 Å². The van der Waals surface area contributed by atoms with E-state index in [1.54, 1.807) is 0 Å². The lowest BCUT2D eigenvalue weighted by atomic mass is 9.94. The van der Waals surface area contributed by atoms with Crippen LogP contribution in [0.1, 0.15) is 16.8 Å². The summed E-state index contributed by atoms with van der Waals surface area (Å²) in [5.74, 6) is 0. The Hall–Kier alpha value is -3.20. The maximum atomic E-state index is 6.33. The molecule has 3 heteroatoms. The van der Waals surface area contributed by atoms with Crippen LogP contribution in [0.5, 0.6) is 0 Å². The second-order valence-electron chi connectivity index (χ2n) is 7.34. The van der Waals surface area contributed by atoms with E-state index in [1.807, 2.05) is 13.0 Å². The van der Waals surface area contributed by atoms with Gasteiger partial charge in [-0.1, -0.05) is 18.2 Å². The van der Waals surface area contributed by atoms with Gasteiger partial charge in [-0.2, -0.15) is 0 Å². The van der Waals surface area contributed by atoms with Gasteiger partial charge in [-0.3, -0.25) is 0 Å². The molecule has 0 N–H and O–H groups in total. The van der Waals surface area contributed by atoms with Crippen molar-refractivity contribution in [3.05, 3.63) is 71.5 Å². The number of pyridine rings is 2. The lowest BCUT2D eigenvalue weighted by Gasteiger charge is -2.10. The highest BCUT2D eigenvalue weighted by molar-refractivity contribution is 6.11. The molecule has 3 nitrogen and oxygen atoms in total. The predicted molar refractivity (Wildman–Crippen MR) is 110 cm³/mol. The highest BCUT2D eigenvalue weighted by atomic mass is 16.3. The van der Waals surface area contributed by atoms with Gasteiger partial charge in [-0.25, -0.2) is 9.55 Å². The van der Waals surface area contributed by atoms with Crippen molar-refractivity contribution in [1.82, 2.24) is 4.98 Å². The molecular weight excluding hydrogens is 332 g/mol. The van der Waals surface area contributed by atoms with Crippen LogP contribution in [0.2, 0.25) is 0 Å². The highest BCUT2D eigenvalue weighted by Crippen LogP contribution is 2.39. The summed E-state index contributed by atoms with van der Waals surface area (Å²) in [5.41, 5.74) is 7.42. The molecule has 0 aliphatic heterocycles. The predicted octanol–water partition coefficient (Wildman–Crippen LogP) is 5.55. The first-order chi connectivity index (χ1) is 13.0. The van der Waals surface area contributed by atoms with E-state index in [-0.39, 0.29) is 0 Å². The molecule has 0 amide bonds. The minimum Gasteiger partial charge on any atom is -0.437 e. The Bertz CT molecular complexity index is 1360. The third-order valence-electron chi connectivity index (χ3n) is 5.57. The molecule has 0 saturated carbocycles. The molecule has 5 aromatic rings. The zero-order valence-corrected chi connectivity index (χ0v) is 16.0. The smallest absolute Gasteiger partial charge is 0.227 e. The zero-order chi connectivity index (χ0) is 18.7. The van der Waals surface area contributed by atoms with Crippen molar-refractivity contribution in [1.29, 1.82) is 0 Å². The molecule has 0 bridgehead atoms. The van der Waals surface area contributed by atoms with E-state index in [0.717, 1.165) is 27.6 Å². The van der Waals surface area contributed by atoms with E-state index in [9.17, 15) is 0 Å². The van der Waals surface area contributed by atoms with Crippen molar-refractivity contribution in [3.8, 4) is 11.3 Å². The first-order valence-corrected chi connectivity index (χ1v) is 9.22. The number of rotatable bonds is 1. The summed E-state index contributed by atoms with van der Waals surface area (Å²) in [5, 5.41) is 4.65. The fourth-order valence-corrected chi connectivity index (χ4v) is 4.02. The number of aromatic nitrogens is 2. The molecule has 0 spiro atoms. The van der Waals surface area contributed by atoms with Crippen LogP contribution >= 0.6 is 0 Å². The van der Waals surface area contributed by atoms with Crippen LogP contribution in [-0.4, -0.2) is 4.98 Å². The first kappa shape index (κ1) is 16.0. The Labute approximate surface area is 157 Å². The lowest BCUT2D eigenvalue weighted by Crippen LogP contribution is -2.30. The summed E-state index contributed by atoms with van der Waals surface area (Å²) < 4.78 is 8.52. The summed E-state index contributed by atoms with van der Waals surface area (Å²) in [6.07, 6.45) is 2.12. The highest BCUT2D eigenvalue weighted by Gasteiger charge is 2.24. The second kappa shape index (κ2) is 5.65. The summed E-state index contributed by atoms with van der Waals surface area (Å²) in [4.78, 5) is 4.62. The van der Waals surface area contributed by atoms with E-state index in [1.165, 1.54) is 27.6 Å². The first-order valence-electron chi connectivity index (χ1n) is 9.22. The van der Waals surface area contributed by atoms with Crippen LogP contribution in [0.4, 0.5) is 0 Å². The Kier molecular flexibility index (Phi) is 3.35. The number of benzene rings is 2. The van der Waals surface area contributed by atoms with E-state index in [0.29, 0.717) is 5.71 Å². The fraction of sp³-hybridized carbons (Fsp3) is 0.167. The monoisotopic (exact) mass is 353 g/mol. The van der Waals surface area contributed by atoms with Gasteiger partial charge in [0.25, 0.3) is 0 Å². The molecule has 0 fully saturated rings. The molecule has 3 aromatic heterocycles. The number of hydrogen-bond acceptors (Lipinski definition) is 2. The molecule has 0 aliphatic rings. The molecule has 2 aromatic carbocycles. The minimum absolute atomic E-state index is 0.708. The normalized spacial score (nSPS) is 11.7. The van der Waals surface area contributed by atoms with Gasteiger partial charge in [0, 0.05) is 22.5 Å². The number of furan rings is 1. The number of hydrogen-bond donors (Lipinski definition) is 0. The molecule has 5 rings (SSSR count). The SMILES string of the molecule is Cc1ccc2c(n1)oc1c(-c3c4ccccc4cc[n+]3C)c(C)c(C)cc12. The molecule has 0 saturated heterocycles.